The molecule has 0 aromatic heterocycles. The van der Waals surface area contributed by atoms with Crippen LogP contribution in [0.1, 0.15) is 26.7 Å². The molecule has 5 heteroatoms. The SMILES string of the molecule is CCCCOCCN(C(=O)[C@H](C)N)c1cccc(Br)c1. The molecule has 1 aromatic rings. The first kappa shape index (κ1) is 17.1. The molecule has 0 saturated heterocycles. The van der Waals surface area contributed by atoms with Gasteiger partial charge in [-0.1, -0.05) is 35.3 Å². The van der Waals surface area contributed by atoms with Crippen LogP contribution in [0.25, 0.3) is 0 Å². The lowest BCUT2D eigenvalue weighted by molar-refractivity contribution is -0.119. The summed E-state index contributed by atoms with van der Waals surface area (Å²) in [4.78, 5) is 13.9. The Labute approximate surface area is 129 Å². The lowest BCUT2D eigenvalue weighted by Crippen LogP contribution is -2.43. The Kier molecular flexibility index (Phi) is 7.80. The molecule has 1 aromatic carbocycles. The van der Waals surface area contributed by atoms with Crippen LogP contribution < -0.4 is 10.6 Å². The topological polar surface area (TPSA) is 55.6 Å². The normalized spacial score (nSPS) is 12.2. The number of nitrogens with two attached hydrogens (primary N) is 1. The van der Waals surface area contributed by atoms with E-state index < -0.39 is 6.04 Å². The van der Waals surface area contributed by atoms with Crippen molar-refractivity contribution >= 4 is 27.5 Å². The van der Waals surface area contributed by atoms with E-state index in [9.17, 15) is 4.79 Å². The van der Waals surface area contributed by atoms with Gasteiger partial charge >= 0.3 is 0 Å². The molecule has 0 fully saturated rings. The Morgan fingerprint density at radius 1 is 1.45 bits per heavy atom. The van der Waals surface area contributed by atoms with E-state index in [1.807, 2.05) is 24.3 Å². The number of anilines is 1. The molecule has 20 heavy (non-hydrogen) atoms. The Bertz CT molecular complexity index is 424. The van der Waals surface area contributed by atoms with Crippen molar-refractivity contribution in [3.63, 3.8) is 0 Å². The van der Waals surface area contributed by atoms with E-state index in [1.54, 1.807) is 11.8 Å². The van der Waals surface area contributed by atoms with Gasteiger partial charge in [0.05, 0.1) is 12.6 Å². The van der Waals surface area contributed by atoms with Crippen molar-refractivity contribution in [3.8, 4) is 0 Å². The number of hydrogen-bond donors (Lipinski definition) is 1. The molecule has 0 heterocycles. The van der Waals surface area contributed by atoms with Gasteiger partial charge in [0.1, 0.15) is 0 Å². The number of halogens is 1. The number of ether oxygens (including phenoxy) is 1. The highest BCUT2D eigenvalue weighted by Crippen LogP contribution is 2.20. The summed E-state index contributed by atoms with van der Waals surface area (Å²) in [6, 6.07) is 7.11. The summed E-state index contributed by atoms with van der Waals surface area (Å²) < 4.78 is 6.47. The lowest BCUT2D eigenvalue weighted by Gasteiger charge is -2.24. The Hall–Kier alpha value is -0.910. The highest BCUT2D eigenvalue weighted by atomic mass is 79.9. The molecule has 1 rings (SSSR count). The van der Waals surface area contributed by atoms with Gasteiger partial charge in [-0.25, -0.2) is 0 Å². The molecule has 0 aliphatic carbocycles. The fourth-order valence-electron chi connectivity index (χ4n) is 1.76. The first-order valence-corrected chi connectivity index (χ1v) is 7.75. The summed E-state index contributed by atoms with van der Waals surface area (Å²) >= 11 is 3.42. The summed E-state index contributed by atoms with van der Waals surface area (Å²) in [5.74, 6) is -0.0952. The maximum atomic E-state index is 12.2. The van der Waals surface area contributed by atoms with E-state index in [1.165, 1.54) is 0 Å². The maximum Gasteiger partial charge on any atom is 0.243 e. The Morgan fingerprint density at radius 2 is 2.20 bits per heavy atom. The summed E-state index contributed by atoms with van der Waals surface area (Å²) in [5, 5.41) is 0. The molecule has 112 valence electrons. The van der Waals surface area contributed by atoms with E-state index in [-0.39, 0.29) is 5.91 Å². The number of carbonyl (C=O) groups excluding carboxylic acids is 1. The van der Waals surface area contributed by atoms with Gasteiger partial charge in [0.15, 0.2) is 0 Å². The second-order valence-corrected chi connectivity index (χ2v) is 5.64. The van der Waals surface area contributed by atoms with Crippen molar-refractivity contribution in [3.05, 3.63) is 28.7 Å². The molecule has 0 saturated carbocycles. The molecule has 0 bridgehead atoms. The number of nitrogens with zero attached hydrogens (tertiary/aromatic N) is 1. The molecule has 1 atom stereocenters. The maximum absolute atomic E-state index is 12.2. The molecule has 0 radical (unpaired) electrons. The highest BCUT2D eigenvalue weighted by Gasteiger charge is 2.19. The van der Waals surface area contributed by atoms with E-state index in [0.29, 0.717) is 13.2 Å². The fraction of sp³-hybridized carbons (Fsp3) is 0.533. The monoisotopic (exact) mass is 342 g/mol. The van der Waals surface area contributed by atoms with Crippen molar-refractivity contribution in [1.29, 1.82) is 0 Å². The molecule has 0 aliphatic rings. The van der Waals surface area contributed by atoms with Gasteiger partial charge in [0.2, 0.25) is 5.91 Å². The number of unbranched alkanes of at least 4 members (excludes halogenated alkanes) is 1. The number of benzene rings is 1. The van der Waals surface area contributed by atoms with Gasteiger partial charge in [-0.3, -0.25) is 4.79 Å². The molecule has 2 N–H and O–H groups in total. The van der Waals surface area contributed by atoms with Crippen molar-refractivity contribution in [2.75, 3.05) is 24.7 Å². The predicted octanol–water partition coefficient (Wildman–Crippen LogP) is 2.95. The van der Waals surface area contributed by atoms with Crippen LogP contribution in [0.15, 0.2) is 28.7 Å². The van der Waals surface area contributed by atoms with Gasteiger partial charge < -0.3 is 15.4 Å². The van der Waals surface area contributed by atoms with Crippen LogP contribution in [-0.4, -0.2) is 31.7 Å². The largest absolute Gasteiger partial charge is 0.380 e. The number of hydrogen-bond acceptors (Lipinski definition) is 3. The first-order valence-electron chi connectivity index (χ1n) is 6.96. The second-order valence-electron chi connectivity index (χ2n) is 4.72. The molecule has 1 amide bonds. The minimum atomic E-state index is -0.523. The van der Waals surface area contributed by atoms with Gasteiger partial charge in [-0.2, -0.15) is 0 Å². The minimum Gasteiger partial charge on any atom is -0.380 e. The average molecular weight is 343 g/mol. The zero-order valence-electron chi connectivity index (χ0n) is 12.1. The van der Waals surface area contributed by atoms with Crippen LogP contribution in [0.3, 0.4) is 0 Å². The molecule has 0 spiro atoms. The van der Waals surface area contributed by atoms with E-state index in [0.717, 1.165) is 29.6 Å². The molecule has 0 unspecified atom stereocenters. The number of amides is 1. The van der Waals surface area contributed by atoms with Crippen LogP contribution >= 0.6 is 15.9 Å². The second kappa shape index (κ2) is 9.10. The zero-order chi connectivity index (χ0) is 15.0. The van der Waals surface area contributed by atoms with Crippen molar-refractivity contribution in [2.24, 2.45) is 5.73 Å². The van der Waals surface area contributed by atoms with Crippen molar-refractivity contribution in [1.82, 2.24) is 0 Å². The van der Waals surface area contributed by atoms with Gasteiger partial charge in [-0.15, -0.1) is 0 Å². The molecular formula is C15H23BrN2O2. The van der Waals surface area contributed by atoms with Gasteiger partial charge in [0.25, 0.3) is 0 Å². The highest BCUT2D eigenvalue weighted by molar-refractivity contribution is 9.10. The molecule has 4 nitrogen and oxygen atoms in total. The van der Waals surface area contributed by atoms with Crippen molar-refractivity contribution < 1.29 is 9.53 Å². The Morgan fingerprint density at radius 3 is 2.80 bits per heavy atom. The third-order valence-corrected chi connectivity index (χ3v) is 3.37. The number of rotatable bonds is 8. The standard InChI is InChI=1S/C15H23BrN2O2/c1-3-4-9-20-10-8-18(15(19)12(2)17)14-7-5-6-13(16)11-14/h5-7,11-12H,3-4,8-10,17H2,1-2H3/t12-/m0/s1. The summed E-state index contributed by atoms with van der Waals surface area (Å²) in [5.41, 5.74) is 6.55. The van der Waals surface area contributed by atoms with Gasteiger partial charge in [-0.05, 0) is 31.5 Å². The van der Waals surface area contributed by atoms with Crippen LogP contribution in [0.4, 0.5) is 5.69 Å². The molecular weight excluding hydrogens is 320 g/mol. The number of carbonyl (C=O) groups is 1. The van der Waals surface area contributed by atoms with E-state index in [4.69, 9.17) is 10.5 Å². The minimum absolute atomic E-state index is 0.0952. The quantitative estimate of drug-likeness (QED) is 0.739. The molecule has 0 aliphatic heterocycles. The smallest absolute Gasteiger partial charge is 0.243 e. The van der Waals surface area contributed by atoms with Crippen LogP contribution in [0.5, 0.6) is 0 Å². The first-order chi connectivity index (χ1) is 9.56. The fourth-order valence-corrected chi connectivity index (χ4v) is 2.15. The zero-order valence-corrected chi connectivity index (χ0v) is 13.7. The van der Waals surface area contributed by atoms with Crippen molar-refractivity contribution in [2.45, 2.75) is 32.7 Å². The predicted molar refractivity (Wildman–Crippen MR) is 85.9 cm³/mol. The Balaban J connectivity index is 2.68. The average Bonchev–Trinajstić information content (AvgIpc) is 2.42. The summed E-state index contributed by atoms with van der Waals surface area (Å²) in [6.07, 6.45) is 2.15. The van der Waals surface area contributed by atoms with Crippen LogP contribution in [-0.2, 0) is 9.53 Å². The summed E-state index contributed by atoms with van der Waals surface area (Å²) in [7, 11) is 0. The third kappa shape index (κ3) is 5.61. The van der Waals surface area contributed by atoms with E-state index >= 15 is 0 Å². The third-order valence-electron chi connectivity index (χ3n) is 2.88. The summed E-state index contributed by atoms with van der Waals surface area (Å²) in [6.45, 7) is 5.59. The van der Waals surface area contributed by atoms with Crippen LogP contribution in [0, 0.1) is 0 Å². The van der Waals surface area contributed by atoms with Gasteiger partial charge in [0, 0.05) is 23.3 Å². The van der Waals surface area contributed by atoms with Crippen LogP contribution in [0.2, 0.25) is 0 Å². The lowest BCUT2D eigenvalue weighted by atomic mass is 10.2. The van der Waals surface area contributed by atoms with E-state index in [2.05, 4.69) is 22.9 Å².